The third-order valence-corrected chi connectivity index (χ3v) is 5.22. The largest absolute Gasteiger partial charge is 0.497 e. The highest BCUT2D eigenvalue weighted by atomic mass is 16.5. The van der Waals surface area contributed by atoms with Gasteiger partial charge in [-0.15, -0.1) is 0 Å². The Morgan fingerprint density at radius 2 is 1.41 bits per heavy atom. The number of carbonyl (C=O) groups is 3. The average molecular weight is 364 g/mol. The lowest BCUT2D eigenvalue weighted by molar-refractivity contribution is -0.159. The highest BCUT2D eigenvalue weighted by Gasteiger charge is 2.57. The standard InChI is InChI=1S/C21H20N2O4/c1-12(2)22-17(13-8-10-14(27-3)11-9-13)18(21(22)26)23-19(24)15-6-4-5-7-16(15)20(23)25/h4-12,17-18H,1-3H3/t17-,18+/m1/s1. The number of benzene rings is 2. The van der Waals surface area contributed by atoms with E-state index in [2.05, 4.69) is 0 Å². The van der Waals surface area contributed by atoms with Gasteiger partial charge >= 0.3 is 0 Å². The van der Waals surface area contributed by atoms with Gasteiger partial charge in [0.05, 0.1) is 24.3 Å². The first-order chi connectivity index (χ1) is 13.0. The van der Waals surface area contributed by atoms with Crippen LogP contribution in [0.15, 0.2) is 48.5 Å². The van der Waals surface area contributed by atoms with Crippen molar-refractivity contribution in [1.29, 1.82) is 0 Å². The lowest BCUT2D eigenvalue weighted by atomic mass is 9.85. The Balaban J connectivity index is 1.74. The molecule has 27 heavy (non-hydrogen) atoms. The molecule has 4 rings (SSSR count). The number of imide groups is 1. The number of likely N-dealkylation sites (tertiary alicyclic amines) is 1. The van der Waals surface area contributed by atoms with Crippen LogP contribution in [0.3, 0.4) is 0 Å². The molecule has 1 fully saturated rings. The Bertz CT molecular complexity index is 900. The van der Waals surface area contributed by atoms with Gasteiger partial charge in [-0.25, -0.2) is 0 Å². The minimum atomic E-state index is -0.826. The number of ether oxygens (including phenoxy) is 1. The van der Waals surface area contributed by atoms with Crippen LogP contribution in [0.4, 0.5) is 0 Å². The number of β-lactam (4-membered cyclic amide) rings is 1. The summed E-state index contributed by atoms with van der Waals surface area (Å²) >= 11 is 0. The molecule has 0 unspecified atom stereocenters. The topological polar surface area (TPSA) is 66.9 Å². The SMILES string of the molecule is COc1ccc([C@@H]2[C@H](N3C(=O)c4ccccc4C3=O)C(=O)N2C(C)C)cc1. The van der Waals surface area contributed by atoms with Gasteiger partial charge in [-0.1, -0.05) is 24.3 Å². The summed E-state index contributed by atoms with van der Waals surface area (Å²) in [5, 5.41) is 0. The van der Waals surface area contributed by atoms with Crippen LogP contribution in [0, 0.1) is 0 Å². The monoisotopic (exact) mass is 364 g/mol. The second-order valence-electron chi connectivity index (χ2n) is 7.03. The Morgan fingerprint density at radius 3 is 1.89 bits per heavy atom. The van der Waals surface area contributed by atoms with Gasteiger partial charge in [0.25, 0.3) is 11.8 Å². The summed E-state index contributed by atoms with van der Waals surface area (Å²) in [6.45, 7) is 3.85. The fraction of sp³-hybridized carbons (Fsp3) is 0.286. The van der Waals surface area contributed by atoms with E-state index in [1.807, 2.05) is 38.1 Å². The molecule has 2 aliphatic rings. The van der Waals surface area contributed by atoms with Crippen LogP contribution in [-0.4, -0.2) is 46.7 Å². The van der Waals surface area contributed by atoms with Gasteiger partial charge in [0, 0.05) is 6.04 Å². The molecule has 2 aromatic carbocycles. The highest BCUT2D eigenvalue weighted by molar-refractivity contribution is 6.23. The summed E-state index contributed by atoms with van der Waals surface area (Å²) in [6, 6.07) is 12.8. The van der Waals surface area contributed by atoms with Gasteiger partial charge < -0.3 is 9.64 Å². The molecule has 6 nitrogen and oxygen atoms in total. The molecule has 2 atom stereocenters. The first-order valence-electron chi connectivity index (χ1n) is 8.88. The number of amides is 3. The first kappa shape index (κ1) is 17.3. The summed E-state index contributed by atoms with van der Waals surface area (Å²) in [7, 11) is 1.59. The van der Waals surface area contributed by atoms with Crippen LogP contribution in [0.1, 0.15) is 46.2 Å². The second-order valence-corrected chi connectivity index (χ2v) is 7.03. The third kappa shape index (κ3) is 2.44. The molecule has 2 aliphatic heterocycles. The van der Waals surface area contributed by atoms with E-state index in [1.165, 1.54) is 0 Å². The van der Waals surface area contributed by atoms with Crippen molar-refractivity contribution in [2.75, 3.05) is 7.11 Å². The van der Waals surface area contributed by atoms with Crippen molar-refractivity contribution in [3.05, 3.63) is 65.2 Å². The van der Waals surface area contributed by atoms with Crippen molar-refractivity contribution in [3.8, 4) is 5.75 Å². The van der Waals surface area contributed by atoms with Crippen molar-refractivity contribution in [2.45, 2.75) is 32.0 Å². The lowest BCUT2D eigenvalue weighted by Gasteiger charge is -2.52. The van der Waals surface area contributed by atoms with Crippen molar-refractivity contribution < 1.29 is 19.1 Å². The zero-order valence-electron chi connectivity index (χ0n) is 15.4. The van der Waals surface area contributed by atoms with Gasteiger partial charge in [-0.05, 0) is 43.7 Å². The number of nitrogens with zero attached hydrogens (tertiary/aromatic N) is 2. The maximum absolute atomic E-state index is 12.9. The Morgan fingerprint density at radius 1 is 0.852 bits per heavy atom. The maximum atomic E-state index is 12.9. The smallest absolute Gasteiger partial charge is 0.262 e. The predicted molar refractivity (Wildman–Crippen MR) is 98.4 cm³/mol. The molecule has 3 amide bonds. The summed E-state index contributed by atoms with van der Waals surface area (Å²) in [4.78, 5) is 41.4. The number of methoxy groups -OCH3 is 1. The van der Waals surface area contributed by atoms with Gasteiger partial charge in [0.1, 0.15) is 11.8 Å². The highest BCUT2D eigenvalue weighted by Crippen LogP contribution is 2.42. The van der Waals surface area contributed by atoms with E-state index >= 15 is 0 Å². The fourth-order valence-corrected chi connectivity index (χ4v) is 3.93. The molecule has 0 radical (unpaired) electrons. The van der Waals surface area contributed by atoms with Crippen molar-refractivity contribution in [1.82, 2.24) is 9.80 Å². The Kier molecular flexibility index (Phi) is 3.98. The molecule has 1 saturated heterocycles. The average Bonchev–Trinajstić information content (AvgIpc) is 2.91. The van der Waals surface area contributed by atoms with Gasteiger partial charge in [0.2, 0.25) is 5.91 Å². The minimum Gasteiger partial charge on any atom is -0.497 e. The first-order valence-corrected chi connectivity index (χ1v) is 8.88. The van der Waals surface area contributed by atoms with E-state index in [-0.39, 0.29) is 18.0 Å². The molecular formula is C21H20N2O4. The Hall–Kier alpha value is -3.15. The summed E-state index contributed by atoms with van der Waals surface area (Å²) < 4.78 is 5.20. The lowest BCUT2D eigenvalue weighted by Crippen LogP contribution is -2.68. The quantitative estimate of drug-likeness (QED) is 0.618. The van der Waals surface area contributed by atoms with E-state index in [0.29, 0.717) is 16.9 Å². The van der Waals surface area contributed by atoms with Crippen LogP contribution in [0.25, 0.3) is 0 Å². The molecule has 2 heterocycles. The normalized spacial score (nSPS) is 21.6. The van der Waals surface area contributed by atoms with Crippen molar-refractivity contribution in [2.24, 2.45) is 0 Å². The number of hydrogen-bond acceptors (Lipinski definition) is 4. The number of carbonyl (C=O) groups excluding carboxylic acids is 3. The Labute approximate surface area is 157 Å². The predicted octanol–water partition coefficient (Wildman–Crippen LogP) is 2.65. The molecule has 0 aromatic heterocycles. The fourth-order valence-electron chi connectivity index (χ4n) is 3.93. The van der Waals surface area contributed by atoms with Crippen LogP contribution in [0.2, 0.25) is 0 Å². The molecule has 138 valence electrons. The number of fused-ring (bicyclic) bond motifs is 1. The molecule has 0 aliphatic carbocycles. The van der Waals surface area contributed by atoms with Crippen molar-refractivity contribution >= 4 is 17.7 Å². The molecule has 2 aromatic rings. The van der Waals surface area contributed by atoms with Crippen LogP contribution >= 0.6 is 0 Å². The molecule has 0 spiro atoms. The summed E-state index contributed by atoms with van der Waals surface area (Å²) in [5.41, 5.74) is 1.57. The molecule has 0 saturated carbocycles. The van der Waals surface area contributed by atoms with E-state index < -0.39 is 17.9 Å². The second kappa shape index (κ2) is 6.23. The zero-order chi connectivity index (χ0) is 19.3. The molecule has 6 heteroatoms. The van der Waals surface area contributed by atoms with Gasteiger partial charge in [-0.2, -0.15) is 0 Å². The van der Waals surface area contributed by atoms with Crippen LogP contribution < -0.4 is 4.74 Å². The molecular weight excluding hydrogens is 344 g/mol. The number of rotatable bonds is 4. The third-order valence-electron chi connectivity index (χ3n) is 5.22. The summed E-state index contributed by atoms with van der Waals surface area (Å²) in [6.07, 6.45) is 0. The maximum Gasteiger partial charge on any atom is 0.262 e. The van der Waals surface area contributed by atoms with Crippen molar-refractivity contribution in [3.63, 3.8) is 0 Å². The van der Waals surface area contributed by atoms with Crippen LogP contribution in [0.5, 0.6) is 5.75 Å². The van der Waals surface area contributed by atoms with Gasteiger partial charge in [0.15, 0.2) is 0 Å². The zero-order valence-corrected chi connectivity index (χ0v) is 15.4. The van der Waals surface area contributed by atoms with E-state index in [0.717, 1.165) is 10.5 Å². The molecule has 0 bridgehead atoms. The van der Waals surface area contributed by atoms with Crippen LogP contribution in [-0.2, 0) is 4.79 Å². The van der Waals surface area contributed by atoms with Gasteiger partial charge in [-0.3, -0.25) is 19.3 Å². The minimum absolute atomic E-state index is 0.0453. The number of hydrogen-bond donors (Lipinski definition) is 0. The van der Waals surface area contributed by atoms with E-state index in [1.54, 1.807) is 36.3 Å². The summed E-state index contributed by atoms with van der Waals surface area (Å²) in [5.74, 6) is -0.315. The van der Waals surface area contributed by atoms with E-state index in [9.17, 15) is 14.4 Å². The molecule has 0 N–H and O–H groups in total. The van der Waals surface area contributed by atoms with E-state index in [4.69, 9.17) is 4.74 Å².